The van der Waals surface area contributed by atoms with Crippen molar-refractivity contribution in [3.8, 4) is 17.2 Å². The number of hydrogen-bond donors (Lipinski definition) is 2. The fraction of sp³-hybridized carbons (Fsp3) is 0.348. The normalized spacial score (nSPS) is 17.4. The summed E-state index contributed by atoms with van der Waals surface area (Å²) in [6.45, 7) is 0.849. The highest BCUT2D eigenvalue weighted by Crippen LogP contribution is 2.26. The molecule has 3 aromatic rings. The SMILES string of the molecule is Cn1c(=O)sc2ccc(-c3ccc(C[C@@H](C#N)NC(=O)C4CCCCN4)cc3)cc21. The number of aryl methyl sites for hydroxylation is 1. The van der Waals surface area contributed by atoms with Crippen molar-refractivity contribution in [2.75, 3.05) is 6.54 Å². The number of nitrogens with one attached hydrogen (secondary N) is 2. The Kier molecular flexibility index (Phi) is 5.98. The van der Waals surface area contributed by atoms with E-state index >= 15 is 0 Å². The van der Waals surface area contributed by atoms with Gasteiger partial charge in [0.2, 0.25) is 5.91 Å². The minimum Gasteiger partial charge on any atom is -0.339 e. The smallest absolute Gasteiger partial charge is 0.307 e. The van der Waals surface area contributed by atoms with Crippen LogP contribution in [0.1, 0.15) is 24.8 Å². The Hall–Kier alpha value is -2.95. The van der Waals surface area contributed by atoms with Gasteiger partial charge in [-0.15, -0.1) is 0 Å². The number of fused-ring (bicyclic) bond motifs is 1. The molecule has 4 rings (SSSR count). The summed E-state index contributed by atoms with van der Waals surface area (Å²) in [6, 6.07) is 15.5. The predicted octanol–water partition coefficient (Wildman–Crippen LogP) is 2.96. The Balaban J connectivity index is 1.45. The first-order valence-corrected chi connectivity index (χ1v) is 11.0. The highest BCUT2D eigenvalue weighted by molar-refractivity contribution is 7.16. The zero-order chi connectivity index (χ0) is 21.1. The van der Waals surface area contributed by atoms with Gasteiger partial charge in [-0.1, -0.05) is 48.1 Å². The van der Waals surface area contributed by atoms with E-state index in [2.05, 4.69) is 16.7 Å². The van der Waals surface area contributed by atoms with Crippen LogP contribution in [0.5, 0.6) is 0 Å². The Morgan fingerprint density at radius 3 is 2.73 bits per heavy atom. The molecule has 2 atom stereocenters. The number of nitrogens with zero attached hydrogens (tertiary/aromatic N) is 2. The molecule has 2 heterocycles. The number of amides is 1. The van der Waals surface area contributed by atoms with E-state index in [0.717, 1.165) is 52.7 Å². The van der Waals surface area contributed by atoms with Crippen molar-refractivity contribution in [2.24, 2.45) is 7.05 Å². The third-order valence-corrected chi connectivity index (χ3v) is 6.63. The van der Waals surface area contributed by atoms with E-state index in [1.165, 1.54) is 11.3 Å². The van der Waals surface area contributed by atoms with Crippen molar-refractivity contribution >= 4 is 27.5 Å². The van der Waals surface area contributed by atoms with Gasteiger partial charge in [0, 0.05) is 13.5 Å². The van der Waals surface area contributed by atoms with E-state index in [4.69, 9.17) is 0 Å². The maximum atomic E-state index is 12.4. The van der Waals surface area contributed by atoms with Crippen molar-refractivity contribution in [1.82, 2.24) is 15.2 Å². The van der Waals surface area contributed by atoms with Crippen LogP contribution in [0.3, 0.4) is 0 Å². The van der Waals surface area contributed by atoms with Crippen molar-refractivity contribution < 1.29 is 4.79 Å². The fourth-order valence-electron chi connectivity index (χ4n) is 3.85. The summed E-state index contributed by atoms with van der Waals surface area (Å²) in [5.74, 6) is -0.0902. The fourth-order valence-corrected chi connectivity index (χ4v) is 4.71. The largest absolute Gasteiger partial charge is 0.339 e. The van der Waals surface area contributed by atoms with Gasteiger partial charge in [-0.05, 0) is 48.2 Å². The topological polar surface area (TPSA) is 86.9 Å². The van der Waals surface area contributed by atoms with E-state index in [1.807, 2.05) is 42.5 Å². The third kappa shape index (κ3) is 4.30. The molecule has 0 radical (unpaired) electrons. The van der Waals surface area contributed by atoms with Crippen molar-refractivity contribution in [1.29, 1.82) is 5.26 Å². The van der Waals surface area contributed by atoms with Crippen LogP contribution in [0.25, 0.3) is 21.3 Å². The van der Waals surface area contributed by atoms with Gasteiger partial charge in [0.05, 0.1) is 22.3 Å². The van der Waals surface area contributed by atoms with Gasteiger partial charge < -0.3 is 15.2 Å². The maximum absolute atomic E-state index is 12.4. The lowest BCUT2D eigenvalue weighted by Crippen LogP contribution is -2.49. The number of carbonyl (C=O) groups excluding carboxylic acids is 1. The van der Waals surface area contributed by atoms with Crippen LogP contribution in [0.4, 0.5) is 0 Å². The predicted molar refractivity (Wildman–Crippen MR) is 119 cm³/mol. The molecule has 1 aliphatic heterocycles. The summed E-state index contributed by atoms with van der Waals surface area (Å²) < 4.78 is 2.64. The van der Waals surface area contributed by atoms with Crippen molar-refractivity contribution in [2.45, 2.75) is 37.8 Å². The number of nitriles is 1. The molecule has 0 saturated carbocycles. The number of carbonyl (C=O) groups is 1. The first kappa shape index (κ1) is 20.3. The molecular formula is C23H24N4O2S. The second-order valence-corrected chi connectivity index (χ2v) is 8.70. The molecule has 2 N–H and O–H groups in total. The highest BCUT2D eigenvalue weighted by Gasteiger charge is 2.23. The van der Waals surface area contributed by atoms with E-state index in [-0.39, 0.29) is 16.8 Å². The minimum absolute atomic E-state index is 0.0329. The second kappa shape index (κ2) is 8.82. The van der Waals surface area contributed by atoms with Gasteiger partial charge in [-0.3, -0.25) is 9.59 Å². The first-order valence-electron chi connectivity index (χ1n) is 10.2. The summed E-state index contributed by atoms with van der Waals surface area (Å²) in [5.41, 5.74) is 4.00. The average molecular weight is 421 g/mol. The van der Waals surface area contributed by atoms with Crippen LogP contribution in [0, 0.1) is 11.3 Å². The molecule has 2 aromatic carbocycles. The van der Waals surface area contributed by atoms with Crippen molar-refractivity contribution in [3.63, 3.8) is 0 Å². The standard InChI is InChI=1S/C23H24N4O2S/c1-27-20-13-17(9-10-21(20)30-23(27)29)16-7-5-15(6-8-16)12-18(14-24)26-22(28)19-4-2-3-11-25-19/h5-10,13,18-19,25H,2-4,11-12H2,1H3,(H,26,28)/t18-,19?/m0/s1. The summed E-state index contributed by atoms with van der Waals surface area (Å²) in [6.07, 6.45) is 3.41. The summed E-state index contributed by atoms with van der Waals surface area (Å²) >= 11 is 1.25. The number of rotatable bonds is 5. The van der Waals surface area contributed by atoms with Gasteiger partial charge in [0.1, 0.15) is 6.04 Å². The van der Waals surface area contributed by atoms with Crippen LogP contribution >= 0.6 is 11.3 Å². The molecule has 1 aromatic heterocycles. The first-order chi connectivity index (χ1) is 14.5. The molecule has 154 valence electrons. The van der Waals surface area contributed by atoms with Crippen LogP contribution in [-0.2, 0) is 18.3 Å². The number of benzene rings is 2. The Morgan fingerprint density at radius 1 is 1.27 bits per heavy atom. The minimum atomic E-state index is -0.552. The molecular weight excluding hydrogens is 396 g/mol. The molecule has 7 heteroatoms. The van der Waals surface area contributed by atoms with Crippen LogP contribution in [-0.4, -0.2) is 29.1 Å². The van der Waals surface area contributed by atoms with Crippen LogP contribution in [0.2, 0.25) is 0 Å². The van der Waals surface area contributed by atoms with Gasteiger partial charge in [-0.25, -0.2) is 0 Å². The molecule has 1 amide bonds. The third-order valence-electron chi connectivity index (χ3n) is 5.62. The zero-order valence-electron chi connectivity index (χ0n) is 16.9. The van der Waals surface area contributed by atoms with Crippen molar-refractivity contribution in [3.05, 3.63) is 57.7 Å². The summed E-state index contributed by atoms with van der Waals surface area (Å²) in [4.78, 5) is 24.3. The molecule has 0 aliphatic carbocycles. The van der Waals surface area contributed by atoms with E-state index in [0.29, 0.717) is 6.42 Å². The van der Waals surface area contributed by atoms with E-state index < -0.39 is 6.04 Å². The lowest BCUT2D eigenvalue weighted by atomic mass is 10.00. The van der Waals surface area contributed by atoms with Crippen LogP contribution in [0.15, 0.2) is 47.3 Å². The lowest BCUT2D eigenvalue weighted by Gasteiger charge is -2.23. The van der Waals surface area contributed by atoms with Gasteiger partial charge in [0.25, 0.3) is 0 Å². The Bertz CT molecular complexity index is 1150. The molecule has 1 fully saturated rings. The highest BCUT2D eigenvalue weighted by atomic mass is 32.1. The maximum Gasteiger partial charge on any atom is 0.307 e. The molecule has 6 nitrogen and oxygen atoms in total. The van der Waals surface area contributed by atoms with Crippen LogP contribution < -0.4 is 15.5 Å². The quantitative estimate of drug-likeness (QED) is 0.664. The zero-order valence-corrected chi connectivity index (χ0v) is 17.7. The molecule has 0 bridgehead atoms. The molecule has 0 spiro atoms. The molecule has 1 saturated heterocycles. The summed E-state index contributed by atoms with van der Waals surface area (Å²) in [5, 5.41) is 15.6. The number of aromatic nitrogens is 1. The Labute approximate surface area is 179 Å². The van der Waals surface area contributed by atoms with Gasteiger partial charge in [0.15, 0.2) is 0 Å². The van der Waals surface area contributed by atoms with E-state index in [9.17, 15) is 14.9 Å². The number of piperidine rings is 1. The monoisotopic (exact) mass is 420 g/mol. The Morgan fingerprint density at radius 2 is 2.03 bits per heavy atom. The number of thiazole rings is 1. The second-order valence-electron chi connectivity index (χ2n) is 7.70. The van der Waals surface area contributed by atoms with Gasteiger partial charge in [-0.2, -0.15) is 5.26 Å². The average Bonchev–Trinajstić information content (AvgIpc) is 3.07. The molecule has 30 heavy (non-hydrogen) atoms. The number of hydrogen-bond acceptors (Lipinski definition) is 5. The summed E-state index contributed by atoms with van der Waals surface area (Å²) in [7, 11) is 1.78. The lowest BCUT2D eigenvalue weighted by molar-refractivity contribution is -0.124. The molecule has 1 unspecified atom stereocenters. The van der Waals surface area contributed by atoms with E-state index in [1.54, 1.807) is 11.6 Å². The van der Waals surface area contributed by atoms with Gasteiger partial charge >= 0.3 is 4.87 Å². The molecule has 1 aliphatic rings.